The lowest BCUT2D eigenvalue weighted by atomic mass is 10.1. The number of hydrogen-bond acceptors (Lipinski definition) is 4. The van der Waals surface area contributed by atoms with E-state index >= 15 is 0 Å². The SMILES string of the molecule is COc1ccc(/C=C(\C#N)C(=O)Nc2cccc(Cl)c2)c(OCc2ccccc2F)c1. The van der Waals surface area contributed by atoms with Crippen LogP contribution >= 0.6 is 11.6 Å². The molecule has 0 radical (unpaired) electrons. The summed E-state index contributed by atoms with van der Waals surface area (Å²) < 4.78 is 24.9. The van der Waals surface area contributed by atoms with Crippen LogP contribution in [0.2, 0.25) is 5.02 Å². The first-order valence-electron chi connectivity index (χ1n) is 9.23. The molecule has 1 amide bonds. The maximum atomic E-state index is 13.9. The largest absolute Gasteiger partial charge is 0.497 e. The van der Waals surface area contributed by atoms with Gasteiger partial charge in [0, 0.05) is 27.9 Å². The summed E-state index contributed by atoms with van der Waals surface area (Å²) in [6, 6.07) is 19.7. The normalized spacial score (nSPS) is 10.8. The zero-order chi connectivity index (χ0) is 22.2. The number of amides is 1. The van der Waals surface area contributed by atoms with Gasteiger partial charge in [-0.15, -0.1) is 0 Å². The molecule has 0 atom stereocenters. The van der Waals surface area contributed by atoms with Crippen LogP contribution in [0.15, 0.2) is 72.3 Å². The van der Waals surface area contributed by atoms with Crippen LogP contribution < -0.4 is 14.8 Å². The van der Waals surface area contributed by atoms with Crippen LogP contribution in [0.25, 0.3) is 6.08 Å². The topological polar surface area (TPSA) is 71.3 Å². The molecule has 0 saturated carbocycles. The quantitative estimate of drug-likeness (QED) is 0.386. The molecule has 0 spiro atoms. The maximum Gasteiger partial charge on any atom is 0.266 e. The molecular formula is C24H18ClFN2O3. The Labute approximate surface area is 184 Å². The van der Waals surface area contributed by atoms with E-state index in [2.05, 4.69) is 5.32 Å². The molecule has 0 saturated heterocycles. The highest BCUT2D eigenvalue weighted by Gasteiger charge is 2.13. The van der Waals surface area contributed by atoms with Crippen LogP contribution in [0.3, 0.4) is 0 Å². The number of carbonyl (C=O) groups is 1. The summed E-state index contributed by atoms with van der Waals surface area (Å²) in [6.45, 7) is -0.0305. The minimum absolute atomic E-state index is 0.0305. The van der Waals surface area contributed by atoms with Crippen molar-refractivity contribution >= 4 is 29.3 Å². The van der Waals surface area contributed by atoms with Gasteiger partial charge in [-0.25, -0.2) is 4.39 Å². The molecule has 0 aliphatic carbocycles. The fraction of sp³-hybridized carbons (Fsp3) is 0.0833. The van der Waals surface area contributed by atoms with Gasteiger partial charge in [-0.1, -0.05) is 35.9 Å². The summed E-state index contributed by atoms with van der Waals surface area (Å²) in [7, 11) is 1.50. The van der Waals surface area contributed by atoms with Crippen LogP contribution in [-0.4, -0.2) is 13.0 Å². The summed E-state index contributed by atoms with van der Waals surface area (Å²) >= 11 is 5.93. The Morgan fingerprint density at radius 1 is 1.16 bits per heavy atom. The molecular weight excluding hydrogens is 419 g/mol. The highest BCUT2D eigenvalue weighted by Crippen LogP contribution is 2.28. The lowest BCUT2D eigenvalue weighted by molar-refractivity contribution is -0.112. The standard InChI is InChI=1S/C24H18ClFN2O3/c1-30-21-10-9-16(23(13-21)31-15-17-5-2-3-8-22(17)26)11-18(14-27)24(29)28-20-7-4-6-19(25)12-20/h2-13H,15H2,1H3,(H,28,29)/b18-11+. The highest BCUT2D eigenvalue weighted by atomic mass is 35.5. The molecule has 3 aromatic carbocycles. The molecule has 0 bridgehead atoms. The molecule has 31 heavy (non-hydrogen) atoms. The molecule has 1 N–H and O–H groups in total. The Morgan fingerprint density at radius 3 is 2.68 bits per heavy atom. The fourth-order valence-electron chi connectivity index (χ4n) is 2.73. The van der Waals surface area contributed by atoms with Crippen molar-refractivity contribution in [2.45, 2.75) is 6.61 Å². The van der Waals surface area contributed by atoms with Gasteiger partial charge in [0.05, 0.1) is 7.11 Å². The lowest BCUT2D eigenvalue weighted by Gasteiger charge is -2.12. The summed E-state index contributed by atoms with van der Waals surface area (Å²) in [6.07, 6.45) is 1.40. The van der Waals surface area contributed by atoms with E-state index in [1.807, 2.05) is 6.07 Å². The van der Waals surface area contributed by atoms with Crippen LogP contribution in [0.4, 0.5) is 10.1 Å². The van der Waals surface area contributed by atoms with Crippen LogP contribution in [0, 0.1) is 17.1 Å². The average Bonchev–Trinajstić information content (AvgIpc) is 2.77. The summed E-state index contributed by atoms with van der Waals surface area (Å²) in [4.78, 5) is 12.6. The first-order chi connectivity index (χ1) is 15.0. The van der Waals surface area contributed by atoms with Crippen molar-refractivity contribution in [3.05, 3.63) is 94.3 Å². The Kier molecular flexibility index (Phi) is 7.26. The number of carbonyl (C=O) groups excluding carboxylic acids is 1. The molecule has 0 fully saturated rings. The predicted molar refractivity (Wildman–Crippen MR) is 117 cm³/mol. The van der Waals surface area contributed by atoms with E-state index in [9.17, 15) is 14.4 Å². The minimum atomic E-state index is -0.597. The summed E-state index contributed by atoms with van der Waals surface area (Å²) in [5.41, 5.74) is 1.17. The number of rotatable bonds is 7. The van der Waals surface area contributed by atoms with E-state index in [1.54, 1.807) is 60.7 Å². The van der Waals surface area contributed by atoms with Crippen molar-refractivity contribution in [3.63, 3.8) is 0 Å². The molecule has 7 heteroatoms. The maximum absolute atomic E-state index is 13.9. The van der Waals surface area contributed by atoms with Crippen molar-refractivity contribution in [2.24, 2.45) is 0 Å². The van der Waals surface area contributed by atoms with E-state index in [0.29, 0.717) is 33.3 Å². The number of nitriles is 1. The van der Waals surface area contributed by atoms with Gasteiger partial charge in [0.1, 0.15) is 35.6 Å². The van der Waals surface area contributed by atoms with Gasteiger partial charge < -0.3 is 14.8 Å². The van der Waals surface area contributed by atoms with Crippen LogP contribution in [0.1, 0.15) is 11.1 Å². The first kappa shape index (κ1) is 21.9. The van der Waals surface area contributed by atoms with Crippen molar-refractivity contribution in [1.82, 2.24) is 0 Å². The van der Waals surface area contributed by atoms with E-state index in [1.165, 1.54) is 19.3 Å². The first-order valence-corrected chi connectivity index (χ1v) is 9.61. The van der Waals surface area contributed by atoms with Gasteiger partial charge in [0.25, 0.3) is 5.91 Å². The smallest absolute Gasteiger partial charge is 0.266 e. The third-order valence-corrected chi connectivity index (χ3v) is 4.54. The molecule has 3 aromatic rings. The molecule has 0 aromatic heterocycles. The fourth-order valence-corrected chi connectivity index (χ4v) is 2.92. The number of ether oxygens (including phenoxy) is 2. The number of nitrogens with zero attached hydrogens (tertiary/aromatic N) is 1. The van der Waals surface area contributed by atoms with Crippen molar-refractivity contribution in [3.8, 4) is 17.6 Å². The van der Waals surface area contributed by atoms with Gasteiger partial charge in [-0.05, 0) is 42.5 Å². The number of anilines is 1. The van der Waals surface area contributed by atoms with Gasteiger partial charge in [0.2, 0.25) is 0 Å². The second kappa shape index (κ2) is 10.3. The van der Waals surface area contributed by atoms with E-state index in [4.69, 9.17) is 21.1 Å². The highest BCUT2D eigenvalue weighted by molar-refractivity contribution is 6.31. The second-order valence-electron chi connectivity index (χ2n) is 6.42. The third kappa shape index (κ3) is 5.84. The van der Waals surface area contributed by atoms with Crippen molar-refractivity contribution in [2.75, 3.05) is 12.4 Å². The summed E-state index contributed by atoms with van der Waals surface area (Å²) in [5.74, 6) is -0.129. The number of hydrogen-bond donors (Lipinski definition) is 1. The summed E-state index contributed by atoms with van der Waals surface area (Å²) in [5, 5.41) is 12.6. The Balaban J connectivity index is 1.87. The zero-order valence-electron chi connectivity index (χ0n) is 16.6. The predicted octanol–water partition coefficient (Wildman–Crippen LogP) is 5.61. The molecule has 0 heterocycles. The number of benzene rings is 3. The van der Waals surface area contributed by atoms with Crippen LogP contribution in [0.5, 0.6) is 11.5 Å². The molecule has 0 aliphatic rings. The average molecular weight is 437 g/mol. The monoisotopic (exact) mass is 436 g/mol. The number of nitrogens with one attached hydrogen (secondary N) is 1. The lowest BCUT2D eigenvalue weighted by Crippen LogP contribution is -2.13. The molecule has 5 nitrogen and oxygen atoms in total. The number of halogens is 2. The minimum Gasteiger partial charge on any atom is -0.497 e. The van der Waals surface area contributed by atoms with Crippen molar-refractivity contribution in [1.29, 1.82) is 5.26 Å². The molecule has 156 valence electrons. The molecule has 3 rings (SSSR count). The van der Waals surface area contributed by atoms with E-state index in [-0.39, 0.29) is 18.0 Å². The zero-order valence-corrected chi connectivity index (χ0v) is 17.3. The van der Waals surface area contributed by atoms with Crippen LogP contribution in [-0.2, 0) is 11.4 Å². The Hall–Kier alpha value is -3.82. The third-order valence-electron chi connectivity index (χ3n) is 4.31. The Morgan fingerprint density at radius 2 is 1.97 bits per heavy atom. The number of methoxy groups -OCH3 is 1. The molecule has 0 unspecified atom stereocenters. The van der Waals surface area contributed by atoms with Gasteiger partial charge in [0.15, 0.2) is 0 Å². The Bertz CT molecular complexity index is 1170. The van der Waals surface area contributed by atoms with Gasteiger partial charge in [-0.3, -0.25) is 4.79 Å². The van der Waals surface area contributed by atoms with Gasteiger partial charge >= 0.3 is 0 Å². The van der Waals surface area contributed by atoms with Gasteiger partial charge in [-0.2, -0.15) is 5.26 Å². The molecule has 0 aliphatic heterocycles. The van der Waals surface area contributed by atoms with E-state index in [0.717, 1.165) is 0 Å². The second-order valence-corrected chi connectivity index (χ2v) is 6.85. The van der Waals surface area contributed by atoms with E-state index < -0.39 is 5.91 Å². The van der Waals surface area contributed by atoms with Crippen molar-refractivity contribution < 1.29 is 18.7 Å².